The van der Waals surface area contributed by atoms with Gasteiger partial charge >= 0.3 is 0 Å². The van der Waals surface area contributed by atoms with Crippen molar-refractivity contribution >= 4 is 17.3 Å². The number of carbonyl (C=O) groups excluding carboxylic acids is 1. The highest BCUT2D eigenvalue weighted by Gasteiger charge is 2.14. The number of anilines is 1. The number of hydrogen-bond donors (Lipinski definition) is 1. The predicted octanol–water partition coefficient (Wildman–Crippen LogP) is 3.34. The first-order valence-electron chi connectivity index (χ1n) is 7.21. The van der Waals surface area contributed by atoms with Gasteiger partial charge in [0.25, 0.3) is 11.6 Å². The number of rotatable bonds is 4. The summed E-state index contributed by atoms with van der Waals surface area (Å²) in [5.74, 6) is -0.338. The number of carbonyl (C=O) groups is 1. The Balaban J connectivity index is 1.78. The minimum Gasteiger partial charge on any atom is -0.319 e. The molecule has 0 unspecified atom stereocenters. The molecule has 3 rings (SSSR count). The van der Waals surface area contributed by atoms with E-state index in [2.05, 4.69) is 10.4 Å². The number of hydrogen-bond acceptors (Lipinski definition) is 4. The lowest BCUT2D eigenvalue weighted by Crippen LogP contribution is -2.13. The number of nitro benzene ring substituents is 1. The van der Waals surface area contributed by atoms with E-state index >= 15 is 0 Å². The molecule has 1 aromatic heterocycles. The quantitative estimate of drug-likeness (QED) is 0.589. The first kappa shape index (κ1) is 15.4. The van der Waals surface area contributed by atoms with E-state index in [4.69, 9.17) is 0 Å². The standard InChI is InChI=1S/C17H14N4O3/c1-12-9-15(21(23)24)7-8-16(12)17(22)19-13-10-18-20(11-13)14-5-3-2-4-6-14/h2-11H,1H3,(H,19,22). The van der Waals surface area contributed by atoms with Crippen molar-refractivity contribution in [3.05, 3.63) is 82.2 Å². The summed E-state index contributed by atoms with van der Waals surface area (Å²) in [5, 5.41) is 17.7. The van der Waals surface area contributed by atoms with Crippen LogP contribution < -0.4 is 5.32 Å². The Bertz CT molecular complexity index is 903. The van der Waals surface area contributed by atoms with Crippen LogP contribution in [0.1, 0.15) is 15.9 Å². The van der Waals surface area contributed by atoms with Gasteiger partial charge in [0.05, 0.1) is 28.7 Å². The zero-order valence-electron chi connectivity index (χ0n) is 12.8. The van der Waals surface area contributed by atoms with Crippen LogP contribution in [0.3, 0.4) is 0 Å². The topological polar surface area (TPSA) is 90.1 Å². The summed E-state index contributed by atoms with van der Waals surface area (Å²) in [4.78, 5) is 22.6. The highest BCUT2D eigenvalue weighted by Crippen LogP contribution is 2.19. The van der Waals surface area contributed by atoms with Crippen molar-refractivity contribution in [1.29, 1.82) is 0 Å². The average Bonchev–Trinajstić information content (AvgIpc) is 3.03. The third-order valence-corrected chi connectivity index (χ3v) is 3.53. The summed E-state index contributed by atoms with van der Waals surface area (Å²) in [5.41, 5.74) is 2.30. The number of amides is 1. The zero-order valence-corrected chi connectivity index (χ0v) is 12.8. The number of non-ortho nitro benzene ring substituents is 1. The molecule has 2 aromatic carbocycles. The first-order valence-corrected chi connectivity index (χ1v) is 7.21. The molecule has 0 spiro atoms. The Morgan fingerprint density at radius 3 is 2.62 bits per heavy atom. The lowest BCUT2D eigenvalue weighted by atomic mass is 10.1. The monoisotopic (exact) mass is 322 g/mol. The normalized spacial score (nSPS) is 10.4. The summed E-state index contributed by atoms with van der Waals surface area (Å²) >= 11 is 0. The molecule has 0 saturated heterocycles. The second kappa shape index (κ2) is 6.33. The Morgan fingerprint density at radius 2 is 1.96 bits per heavy atom. The molecule has 0 radical (unpaired) electrons. The fourth-order valence-corrected chi connectivity index (χ4v) is 2.32. The van der Waals surface area contributed by atoms with Crippen LogP contribution in [0.15, 0.2) is 60.9 Å². The third-order valence-electron chi connectivity index (χ3n) is 3.53. The average molecular weight is 322 g/mol. The molecule has 3 aromatic rings. The second-order valence-corrected chi connectivity index (χ2v) is 5.22. The summed E-state index contributed by atoms with van der Waals surface area (Å²) < 4.78 is 1.65. The molecule has 0 aliphatic carbocycles. The summed E-state index contributed by atoms with van der Waals surface area (Å²) in [7, 11) is 0. The summed E-state index contributed by atoms with van der Waals surface area (Å²) in [6.45, 7) is 1.66. The van der Waals surface area contributed by atoms with E-state index in [1.54, 1.807) is 24.0 Å². The van der Waals surface area contributed by atoms with Gasteiger partial charge in [0.2, 0.25) is 0 Å². The molecule has 120 valence electrons. The van der Waals surface area contributed by atoms with E-state index in [0.717, 1.165) is 5.69 Å². The number of benzene rings is 2. The maximum absolute atomic E-state index is 12.3. The van der Waals surface area contributed by atoms with Gasteiger partial charge in [-0.15, -0.1) is 0 Å². The molecule has 7 heteroatoms. The Kier molecular flexibility index (Phi) is 4.07. The Labute approximate surface area is 137 Å². The van der Waals surface area contributed by atoms with Crippen molar-refractivity contribution in [2.75, 3.05) is 5.32 Å². The largest absolute Gasteiger partial charge is 0.319 e. The lowest BCUT2D eigenvalue weighted by Gasteiger charge is -2.05. The van der Waals surface area contributed by atoms with Crippen molar-refractivity contribution in [3.8, 4) is 5.69 Å². The first-order chi connectivity index (χ1) is 11.5. The van der Waals surface area contributed by atoms with Crippen LogP contribution in [0.25, 0.3) is 5.69 Å². The molecule has 7 nitrogen and oxygen atoms in total. The van der Waals surface area contributed by atoms with Gasteiger partial charge in [-0.1, -0.05) is 18.2 Å². The Morgan fingerprint density at radius 1 is 1.21 bits per heavy atom. The zero-order chi connectivity index (χ0) is 17.1. The number of para-hydroxylation sites is 1. The molecule has 0 atom stereocenters. The minimum absolute atomic E-state index is 0.0408. The van der Waals surface area contributed by atoms with E-state index < -0.39 is 4.92 Å². The van der Waals surface area contributed by atoms with Crippen molar-refractivity contribution in [2.45, 2.75) is 6.92 Å². The fourth-order valence-electron chi connectivity index (χ4n) is 2.32. The summed E-state index contributed by atoms with van der Waals surface area (Å²) in [6.07, 6.45) is 3.25. The maximum atomic E-state index is 12.3. The highest BCUT2D eigenvalue weighted by molar-refractivity contribution is 6.05. The molecule has 0 fully saturated rings. The number of aryl methyl sites for hydroxylation is 1. The van der Waals surface area contributed by atoms with Crippen molar-refractivity contribution < 1.29 is 9.72 Å². The number of nitrogens with zero attached hydrogens (tertiary/aromatic N) is 3. The summed E-state index contributed by atoms with van der Waals surface area (Å²) in [6, 6.07) is 13.7. The molecule has 0 aliphatic heterocycles. The second-order valence-electron chi connectivity index (χ2n) is 5.22. The van der Waals surface area contributed by atoms with Gasteiger partial charge in [0, 0.05) is 17.7 Å². The molecule has 0 bridgehead atoms. The molecule has 1 N–H and O–H groups in total. The van der Waals surface area contributed by atoms with E-state index in [1.807, 2.05) is 30.3 Å². The van der Waals surface area contributed by atoms with Crippen LogP contribution in [0.5, 0.6) is 0 Å². The lowest BCUT2D eigenvalue weighted by molar-refractivity contribution is -0.384. The van der Waals surface area contributed by atoms with Gasteiger partial charge < -0.3 is 5.32 Å². The van der Waals surface area contributed by atoms with E-state index in [9.17, 15) is 14.9 Å². The van der Waals surface area contributed by atoms with E-state index in [1.165, 1.54) is 18.2 Å². The van der Waals surface area contributed by atoms with Gasteiger partial charge in [-0.2, -0.15) is 5.10 Å². The van der Waals surface area contributed by atoms with Gasteiger partial charge in [-0.25, -0.2) is 4.68 Å². The van der Waals surface area contributed by atoms with Crippen molar-refractivity contribution in [2.24, 2.45) is 0 Å². The van der Waals surface area contributed by atoms with E-state index in [0.29, 0.717) is 16.8 Å². The smallest absolute Gasteiger partial charge is 0.269 e. The molecular weight excluding hydrogens is 308 g/mol. The van der Waals surface area contributed by atoms with Crippen LogP contribution in [0, 0.1) is 17.0 Å². The van der Waals surface area contributed by atoms with Gasteiger partial charge in [-0.3, -0.25) is 14.9 Å². The number of nitrogens with one attached hydrogen (secondary N) is 1. The van der Waals surface area contributed by atoms with Crippen molar-refractivity contribution in [3.63, 3.8) is 0 Å². The van der Waals surface area contributed by atoms with Crippen molar-refractivity contribution in [1.82, 2.24) is 9.78 Å². The third kappa shape index (κ3) is 3.14. The Hall–Kier alpha value is -3.48. The predicted molar refractivity (Wildman–Crippen MR) is 89.4 cm³/mol. The molecule has 0 saturated carbocycles. The van der Waals surface area contributed by atoms with E-state index in [-0.39, 0.29) is 11.6 Å². The fraction of sp³-hybridized carbons (Fsp3) is 0.0588. The van der Waals surface area contributed by atoms with Gasteiger partial charge in [0.1, 0.15) is 0 Å². The van der Waals surface area contributed by atoms with Gasteiger partial charge in [0.15, 0.2) is 0 Å². The molecule has 0 aliphatic rings. The molecular formula is C17H14N4O3. The SMILES string of the molecule is Cc1cc([N+](=O)[O-])ccc1C(=O)Nc1cnn(-c2ccccc2)c1. The molecule has 1 amide bonds. The highest BCUT2D eigenvalue weighted by atomic mass is 16.6. The number of nitro groups is 1. The van der Waals surface area contributed by atoms with Crippen LogP contribution >= 0.6 is 0 Å². The van der Waals surface area contributed by atoms with Gasteiger partial charge in [-0.05, 0) is 30.7 Å². The molecule has 1 heterocycles. The number of aromatic nitrogens is 2. The van der Waals surface area contributed by atoms with Crippen LogP contribution in [-0.4, -0.2) is 20.6 Å². The molecule has 24 heavy (non-hydrogen) atoms. The van der Waals surface area contributed by atoms with Crippen LogP contribution in [-0.2, 0) is 0 Å². The van der Waals surface area contributed by atoms with Crippen LogP contribution in [0.2, 0.25) is 0 Å². The maximum Gasteiger partial charge on any atom is 0.269 e. The van der Waals surface area contributed by atoms with Crippen LogP contribution in [0.4, 0.5) is 11.4 Å². The minimum atomic E-state index is -0.488.